The molecule has 24 heavy (non-hydrogen) atoms. The van der Waals surface area contributed by atoms with Gasteiger partial charge in [0.2, 0.25) is 5.78 Å². The van der Waals surface area contributed by atoms with Crippen LogP contribution in [0.15, 0.2) is 32.5 Å². The minimum Gasteiger partial charge on any atom is -0.493 e. The van der Waals surface area contributed by atoms with E-state index < -0.39 is 5.97 Å². The maximum Gasteiger partial charge on any atom is 0.338 e. The van der Waals surface area contributed by atoms with E-state index in [9.17, 15) is 9.59 Å². The normalized spacial score (nSPS) is 10.3. The first kappa shape index (κ1) is 19.0. The van der Waals surface area contributed by atoms with Gasteiger partial charge in [0.25, 0.3) is 0 Å². The molecule has 2 rings (SSSR count). The number of hydrogen-bond acceptors (Lipinski definition) is 6. The smallest absolute Gasteiger partial charge is 0.338 e. The van der Waals surface area contributed by atoms with Gasteiger partial charge in [0.15, 0.2) is 18.1 Å². The van der Waals surface area contributed by atoms with E-state index in [4.69, 9.17) is 14.2 Å². The Kier molecular flexibility index (Phi) is 6.82. The maximum absolute atomic E-state index is 12.2. The molecule has 128 valence electrons. The summed E-state index contributed by atoms with van der Waals surface area (Å²) in [6.45, 7) is 1.99. The van der Waals surface area contributed by atoms with Gasteiger partial charge in [0, 0.05) is 0 Å². The number of carbonyl (C=O) groups is 2. The summed E-state index contributed by atoms with van der Waals surface area (Å²) in [6.07, 6.45) is 0. The topological polar surface area (TPSA) is 61.8 Å². The number of rotatable bonds is 7. The van der Waals surface area contributed by atoms with E-state index in [1.165, 1.54) is 24.5 Å². The summed E-state index contributed by atoms with van der Waals surface area (Å²) < 4.78 is 17.2. The zero-order valence-corrected chi connectivity index (χ0v) is 16.9. The molecular formula is C16H14Br2O5S. The Hall–Kier alpha value is -1.38. The van der Waals surface area contributed by atoms with E-state index in [1.807, 2.05) is 6.92 Å². The van der Waals surface area contributed by atoms with Gasteiger partial charge in [-0.25, -0.2) is 4.79 Å². The van der Waals surface area contributed by atoms with Gasteiger partial charge in [0.1, 0.15) is 0 Å². The zero-order valence-electron chi connectivity index (χ0n) is 12.9. The zero-order chi connectivity index (χ0) is 17.7. The average Bonchev–Trinajstić information content (AvgIpc) is 3.00. The van der Waals surface area contributed by atoms with E-state index in [1.54, 1.807) is 18.2 Å². The Bertz CT molecular complexity index is 757. The summed E-state index contributed by atoms with van der Waals surface area (Å²) in [5.41, 5.74) is 0.266. The molecule has 0 fully saturated rings. The van der Waals surface area contributed by atoms with Crippen LogP contribution in [0, 0.1) is 0 Å². The van der Waals surface area contributed by atoms with Crippen LogP contribution in [-0.2, 0) is 4.74 Å². The van der Waals surface area contributed by atoms with E-state index in [0.717, 1.165) is 3.79 Å². The minimum atomic E-state index is -0.610. The highest BCUT2D eigenvalue weighted by Crippen LogP contribution is 2.36. The number of ketones is 1. The third kappa shape index (κ3) is 4.58. The van der Waals surface area contributed by atoms with Gasteiger partial charge in [-0.15, -0.1) is 11.3 Å². The highest BCUT2D eigenvalue weighted by atomic mass is 79.9. The van der Waals surface area contributed by atoms with Gasteiger partial charge >= 0.3 is 5.97 Å². The van der Waals surface area contributed by atoms with Crippen LogP contribution in [0.1, 0.15) is 27.0 Å². The van der Waals surface area contributed by atoms with Crippen LogP contribution in [-0.4, -0.2) is 32.1 Å². The number of benzene rings is 1. The average molecular weight is 478 g/mol. The molecule has 0 saturated carbocycles. The van der Waals surface area contributed by atoms with Crippen LogP contribution in [0.4, 0.5) is 0 Å². The fourth-order valence-electron chi connectivity index (χ4n) is 1.87. The van der Waals surface area contributed by atoms with Crippen molar-refractivity contribution in [3.63, 3.8) is 0 Å². The number of hydrogen-bond donors (Lipinski definition) is 0. The first-order chi connectivity index (χ1) is 11.5. The summed E-state index contributed by atoms with van der Waals surface area (Å²) in [6, 6.07) is 6.54. The van der Waals surface area contributed by atoms with Crippen molar-refractivity contribution in [3.05, 3.63) is 43.0 Å². The van der Waals surface area contributed by atoms with Crippen molar-refractivity contribution in [2.45, 2.75) is 6.92 Å². The SMILES string of the molecule is CCOc1c(Br)cc(C(=O)OCC(=O)c2ccc(Br)s2)cc1OC. The fourth-order valence-corrected chi connectivity index (χ4v) is 3.74. The number of carbonyl (C=O) groups excluding carboxylic acids is 2. The second-order valence-electron chi connectivity index (χ2n) is 4.53. The summed E-state index contributed by atoms with van der Waals surface area (Å²) in [5.74, 6) is 0.0554. The molecule has 0 spiro atoms. The summed E-state index contributed by atoms with van der Waals surface area (Å²) in [7, 11) is 1.48. The van der Waals surface area contributed by atoms with Crippen molar-refractivity contribution in [3.8, 4) is 11.5 Å². The van der Waals surface area contributed by atoms with E-state index in [0.29, 0.717) is 27.5 Å². The van der Waals surface area contributed by atoms with Gasteiger partial charge in [-0.1, -0.05) is 0 Å². The molecule has 0 aliphatic heterocycles. The van der Waals surface area contributed by atoms with E-state index in [2.05, 4.69) is 31.9 Å². The molecular weight excluding hydrogens is 464 g/mol. The number of thiophene rings is 1. The van der Waals surface area contributed by atoms with Gasteiger partial charge < -0.3 is 14.2 Å². The van der Waals surface area contributed by atoms with E-state index in [-0.39, 0.29) is 18.0 Å². The lowest BCUT2D eigenvalue weighted by Gasteiger charge is -2.13. The van der Waals surface area contributed by atoms with Crippen LogP contribution in [0.25, 0.3) is 0 Å². The molecule has 0 bridgehead atoms. The third-order valence-electron chi connectivity index (χ3n) is 2.94. The maximum atomic E-state index is 12.2. The van der Waals surface area contributed by atoms with Crippen molar-refractivity contribution >= 4 is 54.9 Å². The molecule has 0 aliphatic carbocycles. The van der Waals surface area contributed by atoms with Crippen LogP contribution < -0.4 is 9.47 Å². The molecule has 0 unspecified atom stereocenters. The first-order valence-electron chi connectivity index (χ1n) is 6.92. The molecule has 2 aromatic rings. The highest BCUT2D eigenvalue weighted by Gasteiger charge is 2.18. The lowest BCUT2D eigenvalue weighted by atomic mass is 10.2. The van der Waals surface area contributed by atoms with Crippen LogP contribution in [0.2, 0.25) is 0 Å². The van der Waals surface area contributed by atoms with Crippen molar-refractivity contribution in [2.75, 3.05) is 20.3 Å². The minimum absolute atomic E-state index is 0.254. The summed E-state index contributed by atoms with van der Waals surface area (Å²) in [5, 5.41) is 0. The highest BCUT2D eigenvalue weighted by molar-refractivity contribution is 9.11. The van der Waals surface area contributed by atoms with Crippen molar-refractivity contribution in [1.82, 2.24) is 0 Å². The number of methoxy groups -OCH3 is 1. The molecule has 0 radical (unpaired) electrons. The third-order valence-corrected chi connectivity index (χ3v) is 5.19. The Balaban J connectivity index is 2.09. The van der Waals surface area contributed by atoms with Crippen LogP contribution >= 0.6 is 43.2 Å². The predicted molar refractivity (Wildman–Crippen MR) is 98.5 cm³/mol. The van der Waals surface area contributed by atoms with Crippen molar-refractivity contribution < 1.29 is 23.8 Å². The monoisotopic (exact) mass is 476 g/mol. The fraction of sp³-hybridized carbons (Fsp3) is 0.250. The van der Waals surface area contributed by atoms with E-state index >= 15 is 0 Å². The van der Waals surface area contributed by atoms with Gasteiger partial charge in [-0.05, 0) is 63.0 Å². The number of ether oxygens (including phenoxy) is 3. The molecule has 1 aromatic heterocycles. The quantitative estimate of drug-likeness (QED) is 0.426. The lowest BCUT2D eigenvalue weighted by molar-refractivity contribution is 0.0475. The Morgan fingerprint density at radius 2 is 1.96 bits per heavy atom. The second kappa shape index (κ2) is 8.64. The predicted octanol–water partition coefficient (Wildman–Crippen LogP) is 4.72. The molecule has 5 nitrogen and oxygen atoms in total. The first-order valence-corrected chi connectivity index (χ1v) is 9.32. The van der Waals surface area contributed by atoms with Crippen LogP contribution in [0.3, 0.4) is 0 Å². The lowest BCUT2D eigenvalue weighted by Crippen LogP contribution is -2.13. The molecule has 0 aliphatic rings. The molecule has 0 N–H and O–H groups in total. The second-order valence-corrected chi connectivity index (χ2v) is 7.84. The number of Topliss-reactive ketones (excluding diaryl/α,β-unsaturated/α-hetero) is 1. The largest absolute Gasteiger partial charge is 0.493 e. The Morgan fingerprint density at radius 1 is 1.21 bits per heavy atom. The number of esters is 1. The number of halogens is 2. The van der Waals surface area contributed by atoms with Gasteiger partial charge in [-0.2, -0.15) is 0 Å². The summed E-state index contributed by atoms with van der Waals surface area (Å²) in [4.78, 5) is 24.7. The molecule has 0 saturated heterocycles. The van der Waals surface area contributed by atoms with Gasteiger partial charge in [0.05, 0.1) is 32.4 Å². The standard InChI is InChI=1S/C16H14Br2O5S/c1-3-22-15-10(17)6-9(7-12(15)21-2)16(20)23-8-11(19)13-4-5-14(18)24-13/h4-7H,3,8H2,1-2H3. The Labute approximate surface area is 160 Å². The molecule has 0 atom stereocenters. The van der Waals surface area contributed by atoms with Crippen molar-refractivity contribution in [1.29, 1.82) is 0 Å². The molecule has 8 heteroatoms. The van der Waals surface area contributed by atoms with Gasteiger partial charge in [-0.3, -0.25) is 4.79 Å². The summed E-state index contributed by atoms with van der Waals surface area (Å²) >= 11 is 7.92. The van der Waals surface area contributed by atoms with Crippen LogP contribution in [0.5, 0.6) is 11.5 Å². The molecule has 1 aromatic carbocycles. The molecule has 0 amide bonds. The van der Waals surface area contributed by atoms with Crippen molar-refractivity contribution in [2.24, 2.45) is 0 Å². The Morgan fingerprint density at radius 3 is 2.54 bits per heavy atom. The molecule has 1 heterocycles.